The standard InChI is InChI=1S/C19H11N7O/c1-2-13-18(20-7-1)27-19(26-13)14-4-3-10-8-15(25-16(10)24-14)11-5-6-12-17(23-11)22-9-21-12/h1-9H,(H,24,25)(H,21,22,23). The summed E-state index contributed by atoms with van der Waals surface area (Å²) in [6.45, 7) is 0. The lowest BCUT2D eigenvalue weighted by Gasteiger charge is -1.96. The number of fused-ring (bicyclic) bond motifs is 3. The van der Waals surface area contributed by atoms with Crippen LogP contribution >= 0.6 is 0 Å². The van der Waals surface area contributed by atoms with Crippen LogP contribution in [0.5, 0.6) is 0 Å². The van der Waals surface area contributed by atoms with Gasteiger partial charge in [-0.25, -0.2) is 24.9 Å². The molecule has 0 unspecified atom stereocenters. The molecule has 128 valence electrons. The number of aromatic amines is 2. The summed E-state index contributed by atoms with van der Waals surface area (Å²) in [6, 6.07) is 13.5. The molecule has 0 aliphatic rings. The van der Waals surface area contributed by atoms with Crippen molar-refractivity contribution in [1.29, 1.82) is 0 Å². The first kappa shape index (κ1) is 14.1. The second-order valence-electron chi connectivity index (χ2n) is 6.13. The average Bonchev–Trinajstić information content (AvgIpc) is 3.42. The molecule has 0 saturated heterocycles. The monoisotopic (exact) mass is 353 g/mol. The van der Waals surface area contributed by atoms with Gasteiger partial charge in [0.1, 0.15) is 16.9 Å². The molecule has 27 heavy (non-hydrogen) atoms. The summed E-state index contributed by atoms with van der Waals surface area (Å²) in [4.78, 5) is 28.4. The normalized spacial score (nSPS) is 11.7. The third-order valence-corrected chi connectivity index (χ3v) is 4.42. The molecule has 6 rings (SSSR count). The first-order valence-electron chi connectivity index (χ1n) is 8.36. The van der Waals surface area contributed by atoms with Crippen LogP contribution in [0.15, 0.2) is 59.4 Å². The molecule has 0 aliphatic heterocycles. The average molecular weight is 353 g/mol. The summed E-state index contributed by atoms with van der Waals surface area (Å²) in [6.07, 6.45) is 3.31. The molecule has 6 heterocycles. The van der Waals surface area contributed by atoms with Gasteiger partial charge in [-0.05, 0) is 42.5 Å². The Morgan fingerprint density at radius 3 is 2.81 bits per heavy atom. The predicted molar refractivity (Wildman–Crippen MR) is 99.8 cm³/mol. The zero-order valence-electron chi connectivity index (χ0n) is 13.8. The summed E-state index contributed by atoms with van der Waals surface area (Å²) in [5.41, 5.74) is 5.85. The van der Waals surface area contributed by atoms with E-state index in [2.05, 4.69) is 34.9 Å². The maximum absolute atomic E-state index is 5.71. The Kier molecular flexibility index (Phi) is 2.73. The zero-order valence-corrected chi connectivity index (χ0v) is 13.8. The van der Waals surface area contributed by atoms with E-state index in [9.17, 15) is 0 Å². The van der Waals surface area contributed by atoms with Crippen molar-refractivity contribution >= 4 is 33.4 Å². The first-order chi connectivity index (χ1) is 13.3. The number of nitrogens with zero attached hydrogens (tertiary/aromatic N) is 5. The lowest BCUT2D eigenvalue weighted by atomic mass is 10.2. The molecule has 0 aliphatic carbocycles. The molecule has 0 amide bonds. The van der Waals surface area contributed by atoms with Crippen molar-refractivity contribution in [3.05, 3.63) is 55.0 Å². The Bertz CT molecular complexity index is 1410. The predicted octanol–water partition coefficient (Wildman–Crippen LogP) is 3.70. The van der Waals surface area contributed by atoms with Gasteiger partial charge in [-0.15, -0.1) is 0 Å². The lowest BCUT2D eigenvalue weighted by molar-refractivity contribution is 0.605. The van der Waals surface area contributed by atoms with Gasteiger partial charge in [0, 0.05) is 11.6 Å². The molecule has 0 saturated carbocycles. The number of oxazole rings is 1. The van der Waals surface area contributed by atoms with Crippen LogP contribution in [0.4, 0.5) is 0 Å². The van der Waals surface area contributed by atoms with E-state index in [4.69, 9.17) is 4.42 Å². The Labute approximate surface area is 151 Å². The van der Waals surface area contributed by atoms with Crippen LogP contribution in [0, 0.1) is 0 Å². The van der Waals surface area contributed by atoms with Crippen molar-refractivity contribution in [3.63, 3.8) is 0 Å². The maximum Gasteiger partial charge on any atom is 0.248 e. The molecular weight excluding hydrogens is 342 g/mol. The molecular formula is C19H11N7O. The Balaban J connectivity index is 1.46. The Hall–Kier alpha value is -4.07. The quantitative estimate of drug-likeness (QED) is 0.491. The van der Waals surface area contributed by atoms with Crippen molar-refractivity contribution < 1.29 is 4.42 Å². The maximum atomic E-state index is 5.71. The van der Waals surface area contributed by atoms with Crippen molar-refractivity contribution in [2.45, 2.75) is 0 Å². The minimum Gasteiger partial charge on any atom is -0.416 e. The summed E-state index contributed by atoms with van der Waals surface area (Å²) in [7, 11) is 0. The van der Waals surface area contributed by atoms with Crippen molar-refractivity contribution in [1.82, 2.24) is 34.9 Å². The highest BCUT2D eigenvalue weighted by atomic mass is 16.4. The molecule has 6 aromatic heterocycles. The molecule has 0 atom stereocenters. The second-order valence-corrected chi connectivity index (χ2v) is 6.13. The fraction of sp³-hybridized carbons (Fsp3) is 0. The van der Waals surface area contributed by atoms with E-state index in [0.717, 1.165) is 27.9 Å². The third-order valence-electron chi connectivity index (χ3n) is 4.42. The highest BCUT2D eigenvalue weighted by Gasteiger charge is 2.13. The van der Waals surface area contributed by atoms with E-state index >= 15 is 0 Å². The summed E-state index contributed by atoms with van der Waals surface area (Å²) < 4.78 is 5.71. The smallest absolute Gasteiger partial charge is 0.248 e. The number of hydrogen-bond donors (Lipinski definition) is 2. The van der Waals surface area contributed by atoms with Gasteiger partial charge >= 0.3 is 0 Å². The Morgan fingerprint density at radius 2 is 1.85 bits per heavy atom. The highest BCUT2D eigenvalue weighted by molar-refractivity contribution is 5.85. The van der Waals surface area contributed by atoms with Crippen molar-refractivity contribution in [2.24, 2.45) is 0 Å². The number of aromatic nitrogens is 7. The first-order valence-corrected chi connectivity index (χ1v) is 8.36. The molecule has 0 radical (unpaired) electrons. The van der Waals surface area contributed by atoms with Crippen LogP contribution in [0.1, 0.15) is 0 Å². The van der Waals surface area contributed by atoms with Crippen LogP contribution in [-0.2, 0) is 0 Å². The topological polar surface area (TPSA) is 109 Å². The molecule has 8 nitrogen and oxygen atoms in total. The van der Waals surface area contributed by atoms with Gasteiger partial charge in [0.05, 0.1) is 23.2 Å². The number of hydrogen-bond acceptors (Lipinski definition) is 6. The molecule has 2 N–H and O–H groups in total. The molecule has 0 aromatic carbocycles. The summed E-state index contributed by atoms with van der Waals surface area (Å²) >= 11 is 0. The second kappa shape index (κ2) is 5.21. The van der Waals surface area contributed by atoms with Gasteiger partial charge in [0.25, 0.3) is 0 Å². The zero-order chi connectivity index (χ0) is 17.8. The van der Waals surface area contributed by atoms with E-state index in [1.54, 1.807) is 12.5 Å². The van der Waals surface area contributed by atoms with Gasteiger partial charge < -0.3 is 14.4 Å². The number of imidazole rings is 1. The van der Waals surface area contributed by atoms with E-state index in [-0.39, 0.29) is 0 Å². The van der Waals surface area contributed by atoms with Crippen LogP contribution in [0.2, 0.25) is 0 Å². The van der Waals surface area contributed by atoms with Gasteiger partial charge in [-0.1, -0.05) is 0 Å². The lowest BCUT2D eigenvalue weighted by Crippen LogP contribution is -1.86. The molecule has 8 heteroatoms. The van der Waals surface area contributed by atoms with Gasteiger partial charge in [0.15, 0.2) is 5.65 Å². The minimum absolute atomic E-state index is 0.442. The number of pyridine rings is 3. The number of H-pyrrole nitrogens is 2. The highest BCUT2D eigenvalue weighted by Crippen LogP contribution is 2.27. The molecule has 0 spiro atoms. The fourth-order valence-electron chi connectivity index (χ4n) is 3.11. The van der Waals surface area contributed by atoms with Crippen molar-refractivity contribution in [2.75, 3.05) is 0 Å². The largest absolute Gasteiger partial charge is 0.416 e. The third kappa shape index (κ3) is 2.20. The molecule has 6 aromatic rings. The van der Waals surface area contributed by atoms with Crippen LogP contribution in [0.3, 0.4) is 0 Å². The van der Waals surface area contributed by atoms with Crippen LogP contribution < -0.4 is 0 Å². The molecule has 0 bridgehead atoms. The van der Waals surface area contributed by atoms with Gasteiger partial charge in [0.2, 0.25) is 11.6 Å². The van der Waals surface area contributed by atoms with Crippen molar-refractivity contribution in [3.8, 4) is 23.0 Å². The fourth-order valence-corrected chi connectivity index (χ4v) is 3.11. The van der Waals surface area contributed by atoms with Gasteiger partial charge in [-0.2, -0.15) is 0 Å². The van der Waals surface area contributed by atoms with Crippen LogP contribution in [0.25, 0.3) is 56.4 Å². The molecule has 0 fully saturated rings. The van der Waals surface area contributed by atoms with E-state index in [1.165, 1.54) is 0 Å². The summed E-state index contributed by atoms with van der Waals surface area (Å²) in [5, 5.41) is 0.979. The minimum atomic E-state index is 0.442. The van der Waals surface area contributed by atoms with Gasteiger partial charge in [-0.3, -0.25) is 0 Å². The number of nitrogens with one attached hydrogen (secondary N) is 2. The van der Waals surface area contributed by atoms with E-state index in [0.29, 0.717) is 28.5 Å². The number of rotatable bonds is 2. The van der Waals surface area contributed by atoms with Crippen LogP contribution in [-0.4, -0.2) is 34.9 Å². The van der Waals surface area contributed by atoms with E-state index < -0.39 is 0 Å². The Morgan fingerprint density at radius 1 is 0.889 bits per heavy atom. The summed E-state index contributed by atoms with van der Waals surface area (Å²) in [5.74, 6) is 0.442. The SMILES string of the molecule is c1cnc2oc(-c3ccc4cc(-c5ccc6[nH]cnc6n5)[nH]c4n3)nc2c1. The van der Waals surface area contributed by atoms with E-state index in [1.807, 2.05) is 42.5 Å².